The van der Waals surface area contributed by atoms with Crippen LogP contribution in [0, 0.1) is 5.92 Å². The highest BCUT2D eigenvalue weighted by Gasteiger charge is 2.34. The summed E-state index contributed by atoms with van der Waals surface area (Å²) >= 11 is 5.44. The predicted octanol–water partition coefficient (Wildman–Crippen LogP) is 2.00. The summed E-state index contributed by atoms with van der Waals surface area (Å²) in [6.07, 6.45) is -4.13. The molecule has 0 aliphatic carbocycles. The third kappa shape index (κ3) is 3.95. The van der Waals surface area contributed by atoms with Gasteiger partial charge in [0.2, 0.25) is 5.28 Å². The molecule has 20 heavy (non-hydrogen) atoms. The van der Waals surface area contributed by atoms with E-state index in [0.717, 1.165) is 6.07 Å². The molecular formula is C10H11ClF3N3O2S. The third-order valence-corrected chi connectivity index (χ3v) is 4.89. The van der Waals surface area contributed by atoms with Crippen LogP contribution in [0.2, 0.25) is 5.28 Å². The molecule has 1 aromatic heterocycles. The van der Waals surface area contributed by atoms with E-state index in [1.807, 2.05) is 0 Å². The Kier molecular flexibility index (Phi) is 4.10. The van der Waals surface area contributed by atoms with E-state index < -0.39 is 27.0 Å². The van der Waals surface area contributed by atoms with Gasteiger partial charge in [0, 0.05) is 12.6 Å². The Morgan fingerprint density at radius 1 is 1.40 bits per heavy atom. The largest absolute Gasteiger partial charge is 0.433 e. The number of alkyl halides is 3. The number of nitrogens with zero attached hydrogens (tertiary/aromatic N) is 2. The SMILES string of the molecule is O=S1(=O)CCC(CNc2cc(C(F)(F)F)nc(Cl)n2)C1. The van der Waals surface area contributed by atoms with Crippen molar-refractivity contribution < 1.29 is 21.6 Å². The van der Waals surface area contributed by atoms with Gasteiger partial charge in [-0.2, -0.15) is 13.2 Å². The minimum atomic E-state index is -4.61. The number of hydrogen-bond acceptors (Lipinski definition) is 5. The zero-order valence-electron chi connectivity index (χ0n) is 10.1. The van der Waals surface area contributed by atoms with E-state index in [4.69, 9.17) is 11.6 Å². The first-order valence-electron chi connectivity index (χ1n) is 5.72. The van der Waals surface area contributed by atoms with Crippen molar-refractivity contribution in [3.8, 4) is 0 Å². The summed E-state index contributed by atoms with van der Waals surface area (Å²) in [5.74, 6) is -0.0625. The van der Waals surface area contributed by atoms with E-state index >= 15 is 0 Å². The molecule has 1 aromatic rings. The van der Waals surface area contributed by atoms with E-state index in [2.05, 4.69) is 15.3 Å². The van der Waals surface area contributed by atoms with Gasteiger partial charge < -0.3 is 5.32 Å². The number of anilines is 1. The van der Waals surface area contributed by atoms with Gasteiger partial charge in [-0.3, -0.25) is 0 Å². The van der Waals surface area contributed by atoms with E-state index in [-0.39, 0.29) is 29.8 Å². The van der Waals surface area contributed by atoms with Crippen LogP contribution in [0.1, 0.15) is 12.1 Å². The smallest absolute Gasteiger partial charge is 0.370 e. The van der Waals surface area contributed by atoms with Crippen molar-refractivity contribution in [3.05, 3.63) is 17.0 Å². The number of halogens is 4. The molecule has 1 unspecified atom stereocenters. The van der Waals surface area contributed by atoms with Gasteiger partial charge in [0.15, 0.2) is 15.5 Å². The van der Waals surface area contributed by atoms with Crippen molar-refractivity contribution in [2.45, 2.75) is 12.6 Å². The molecule has 1 N–H and O–H groups in total. The molecule has 112 valence electrons. The normalized spacial score (nSPS) is 21.9. The molecule has 5 nitrogen and oxygen atoms in total. The topological polar surface area (TPSA) is 72.0 Å². The van der Waals surface area contributed by atoms with Crippen LogP contribution in [-0.4, -0.2) is 36.4 Å². The number of aromatic nitrogens is 2. The summed E-state index contributed by atoms with van der Waals surface area (Å²) in [7, 11) is -3.02. The van der Waals surface area contributed by atoms with Crippen LogP contribution in [0.15, 0.2) is 6.07 Å². The van der Waals surface area contributed by atoms with Gasteiger partial charge in [0.05, 0.1) is 11.5 Å². The monoisotopic (exact) mass is 329 g/mol. The molecule has 2 rings (SSSR count). The molecule has 0 aromatic carbocycles. The fraction of sp³-hybridized carbons (Fsp3) is 0.600. The zero-order chi connectivity index (χ0) is 15.0. The van der Waals surface area contributed by atoms with E-state index in [9.17, 15) is 21.6 Å². The molecule has 2 heterocycles. The fourth-order valence-electron chi connectivity index (χ4n) is 1.94. The highest BCUT2D eigenvalue weighted by Crippen LogP contribution is 2.29. The van der Waals surface area contributed by atoms with Crippen molar-refractivity contribution in [2.75, 3.05) is 23.4 Å². The Morgan fingerprint density at radius 3 is 2.65 bits per heavy atom. The number of rotatable bonds is 3. The molecule has 1 aliphatic rings. The van der Waals surface area contributed by atoms with E-state index in [0.29, 0.717) is 6.42 Å². The number of nitrogens with one attached hydrogen (secondary N) is 1. The van der Waals surface area contributed by atoms with Crippen molar-refractivity contribution in [1.82, 2.24) is 9.97 Å². The molecule has 1 atom stereocenters. The molecule has 0 saturated carbocycles. The Labute approximate surface area is 118 Å². The Balaban J connectivity index is 2.05. The highest BCUT2D eigenvalue weighted by molar-refractivity contribution is 7.91. The predicted molar refractivity (Wildman–Crippen MR) is 67.3 cm³/mol. The molecule has 1 aliphatic heterocycles. The van der Waals surface area contributed by atoms with Gasteiger partial charge in [0.25, 0.3) is 0 Å². The highest BCUT2D eigenvalue weighted by atomic mass is 35.5. The van der Waals surface area contributed by atoms with Crippen LogP contribution in [0.3, 0.4) is 0 Å². The molecule has 1 fully saturated rings. The summed E-state index contributed by atoms with van der Waals surface area (Å²) in [6, 6.07) is 0.745. The standard InChI is InChI=1S/C10H11ClF3N3O2S/c11-9-16-7(10(12,13)14)3-8(17-9)15-4-6-1-2-20(18,19)5-6/h3,6H,1-2,4-5H2,(H,15,16,17). The Hall–Kier alpha value is -1.09. The molecule has 0 spiro atoms. The quantitative estimate of drug-likeness (QED) is 0.859. The van der Waals surface area contributed by atoms with E-state index in [1.54, 1.807) is 0 Å². The van der Waals surface area contributed by atoms with Crippen LogP contribution in [0.4, 0.5) is 19.0 Å². The molecule has 0 bridgehead atoms. The molecular weight excluding hydrogens is 319 g/mol. The lowest BCUT2D eigenvalue weighted by Gasteiger charge is -2.12. The van der Waals surface area contributed by atoms with Gasteiger partial charge in [0.1, 0.15) is 5.82 Å². The lowest BCUT2D eigenvalue weighted by atomic mass is 10.1. The second-order valence-corrected chi connectivity index (χ2v) is 7.12. The van der Waals surface area contributed by atoms with Crippen molar-refractivity contribution in [3.63, 3.8) is 0 Å². The second-order valence-electron chi connectivity index (χ2n) is 4.56. The molecule has 0 amide bonds. The van der Waals surface area contributed by atoms with Crippen molar-refractivity contribution in [1.29, 1.82) is 0 Å². The number of hydrogen-bond donors (Lipinski definition) is 1. The zero-order valence-corrected chi connectivity index (χ0v) is 11.7. The van der Waals surface area contributed by atoms with Crippen LogP contribution in [0.5, 0.6) is 0 Å². The lowest BCUT2D eigenvalue weighted by Crippen LogP contribution is -2.17. The van der Waals surface area contributed by atoms with Gasteiger partial charge in [-0.15, -0.1) is 0 Å². The lowest BCUT2D eigenvalue weighted by molar-refractivity contribution is -0.141. The van der Waals surface area contributed by atoms with Crippen LogP contribution < -0.4 is 5.32 Å². The average molecular weight is 330 g/mol. The average Bonchev–Trinajstić information content (AvgIpc) is 2.64. The maximum atomic E-state index is 12.5. The van der Waals surface area contributed by atoms with Crippen molar-refractivity contribution in [2.24, 2.45) is 5.92 Å². The minimum Gasteiger partial charge on any atom is -0.370 e. The van der Waals surface area contributed by atoms with Crippen molar-refractivity contribution >= 4 is 27.3 Å². The summed E-state index contributed by atoms with van der Waals surface area (Å²) in [5.41, 5.74) is -1.14. The van der Waals surface area contributed by atoms with Gasteiger partial charge in [-0.25, -0.2) is 18.4 Å². The summed E-state index contributed by atoms with van der Waals surface area (Å²) in [6.45, 7) is 0.226. The van der Waals surface area contributed by atoms with Crippen LogP contribution in [-0.2, 0) is 16.0 Å². The first-order chi connectivity index (χ1) is 9.16. The summed E-state index contributed by atoms with van der Waals surface area (Å²) in [4.78, 5) is 6.74. The van der Waals surface area contributed by atoms with Gasteiger partial charge in [-0.05, 0) is 23.9 Å². The third-order valence-electron chi connectivity index (χ3n) is 2.89. The fourth-order valence-corrected chi connectivity index (χ4v) is 3.98. The molecule has 0 radical (unpaired) electrons. The summed E-state index contributed by atoms with van der Waals surface area (Å²) in [5, 5.41) is 2.17. The summed E-state index contributed by atoms with van der Waals surface area (Å²) < 4.78 is 60.1. The Bertz CT molecular complexity index is 606. The number of sulfone groups is 1. The second kappa shape index (κ2) is 5.36. The van der Waals surface area contributed by atoms with E-state index in [1.165, 1.54) is 0 Å². The first-order valence-corrected chi connectivity index (χ1v) is 7.92. The minimum absolute atomic E-state index is 0.0327. The van der Waals surface area contributed by atoms with Gasteiger partial charge in [-0.1, -0.05) is 0 Å². The maximum Gasteiger partial charge on any atom is 0.433 e. The Morgan fingerprint density at radius 2 is 2.10 bits per heavy atom. The van der Waals surface area contributed by atoms with Gasteiger partial charge >= 0.3 is 6.18 Å². The molecule has 10 heteroatoms. The molecule has 1 saturated heterocycles. The maximum absolute atomic E-state index is 12.5. The first kappa shape index (κ1) is 15.3. The van der Waals surface area contributed by atoms with Crippen LogP contribution >= 0.6 is 11.6 Å². The van der Waals surface area contributed by atoms with Crippen LogP contribution in [0.25, 0.3) is 0 Å².